The van der Waals surface area contributed by atoms with Crippen LogP contribution < -0.4 is 5.32 Å². The van der Waals surface area contributed by atoms with E-state index in [1.807, 2.05) is 6.92 Å². The van der Waals surface area contributed by atoms with Crippen molar-refractivity contribution in [1.29, 1.82) is 0 Å². The molecule has 0 saturated carbocycles. The van der Waals surface area contributed by atoms with Crippen molar-refractivity contribution in [3.63, 3.8) is 0 Å². The fourth-order valence-corrected chi connectivity index (χ4v) is 3.54. The maximum absolute atomic E-state index is 11.5. The van der Waals surface area contributed by atoms with E-state index in [1.54, 1.807) is 0 Å². The van der Waals surface area contributed by atoms with Crippen molar-refractivity contribution in [2.75, 3.05) is 20.7 Å². The number of methoxy groups -OCH3 is 1. The molecule has 2 aliphatic rings. The largest absolute Gasteiger partial charge is 0.468 e. The van der Waals surface area contributed by atoms with Crippen molar-refractivity contribution in [3.8, 4) is 0 Å². The van der Waals surface area contributed by atoms with E-state index in [0.29, 0.717) is 0 Å². The first kappa shape index (κ1) is 13.8. The molecule has 2 bridgehead atoms. The molecule has 1 N–H and O–H groups in total. The molecule has 18 heavy (non-hydrogen) atoms. The lowest BCUT2D eigenvalue weighted by atomic mass is 9.91. The van der Waals surface area contributed by atoms with Crippen molar-refractivity contribution < 1.29 is 9.53 Å². The van der Waals surface area contributed by atoms with E-state index < -0.39 is 0 Å². The van der Waals surface area contributed by atoms with Crippen LogP contribution in [-0.2, 0) is 9.53 Å². The number of hydrogen-bond donors (Lipinski definition) is 1. The molecule has 0 aromatic heterocycles. The molecule has 4 nitrogen and oxygen atoms in total. The molecule has 0 radical (unpaired) electrons. The maximum atomic E-state index is 11.5. The summed E-state index contributed by atoms with van der Waals surface area (Å²) in [5.41, 5.74) is 0. The molecule has 2 fully saturated rings. The minimum atomic E-state index is -0.132. The fourth-order valence-electron chi connectivity index (χ4n) is 3.54. The summed E-state index contributed by atoms with van der Waals surface area (Å²) in [6, 6.07) is 1.41. The monoisotopic (exact) mass is 254 g/mol. The zero-order chi connectivity index (χ0) is 13.1. The van der Waals surface area contributed by atoms with E-state index in [-0.39, 0.29) is 12.0 Å². The fraction of sp³-hybridized carbons (Fsp3) is 0.929. The number of nitrogens with zero attached hydrogens (tertiary/aromatic N) is 1. The highest BCUT2D eigenvalue weighted by atomic mass is 16.5. The van der Waals surface area contributed by atoms with E-state index >= 15 is 0 Å². The molecule has 3 atom stereocenters. The number of hydrogen-bond acceptors (Lipinski definition) is 4. The van der Waals surface area contributed by atoms with E-state index in [2.05, 4.69) is 17.3 Å². The molecule has 2 saturated heterocycles. The van der Waals surface area contributed by atoms with Crippen LogP contribution in [0.5, 0.6) is 0 Å². The summed E-state index contributed by atoms with van der Waals surface area (Å²) >= 11 is 0. The normalized spacial score (nSPS) is 33.4. The highest BCUT2D eigenvalue weighted by molar-refractivity contribution is 5.75. The molecule has 4 heteroatoms. The molecule has 2 heterocycles. The summed E-state index contributed by atoms with van der Waals surface area (Å²) in [5.74, 6) is 0.589. The van der Waals surface area contributed by atoms with Gasteiger partial charge in [0.2, 0.25) is 0 Å². The van der Waals surface area contributed by atoms with Crippen molar-refractivity contribution in [1.82, 2.24) is 10.2 Å². The number of nitrogens with one attached hydrogen (secondary N) is 1. The van der Waals surface area contributed by atoms with Crippen LogP contribution in [0.3, 0.4) is 0 Å². The Labute approximate surface area is 110 Å². The third-order valence-electron chi connectivity index (χ3n) is 4.74. The number of esters is 1. The van der Waals surface area contributed by atoms with Gasteiger partial charge in [0.1, 0.15) is 6.04 Å². The minimum absolute atomic E-state index is 0.131. The van der Waals surface area contributed by atoms with Gasteiger partial charge in [0.05, 0.1) is 7.11 Å². The average Bonchev–Trinajstić information content (AvgIpc) is 2.62. The van der Waals surface area contributed by atoms with E-state index in [1.165, 1.54) is 32.8 Å². The molecule has 0 amide bonds. The van der Waals surface area contributed by atoms with Crippen LogP contribution in [0.4, 0.5) is 0 Å². The number of ether oxygens (including phenoxy) is 1. The topological polar surface area (TPSA) is 41.6 Å². The Morgan fingerprint density at radius 1 is 1.39 bits per heavy atom. The highest BCUT2D eigenvalue weighted by Gasteiger charge is 2.38. The van der Waals surface area contributed by atoms with E-state index in [0.717, 1.165) is 31.0 Å². The van der Waals surface area contributed by atoms with Crippen molar-refractivity contribution >= 4 is 5.97 Å². The second-order valence-corrected chi connectivity index (χ2v) is 5.78. The van der Waals surface area contributed by atoms with Gasteiger partial charge in [-0.25, -0.2) is 0 Å². The lowest BCUT2D eigenvalue weighted by molar-refractivity contribution is -0.143. The average molecular weight is 254 g/mol. The summed E-state index contributed by atoms with van der Waals surface area (Å²) < 4.78 is 4.81. The summed E-state index contributed by atoms with van der Waals surface area (Å²) in [5, 5.41) is 3.38. The Kier molecular flexibility index (Phi) is 4.62. The van der Waals surface area contributed by atoms with Gasteiger partial charge in [-0.1, -0.05) is 6.92 Å². The molecule has 0 aromatic rings. The molecule has 0 aromatic carbocycles. The van der Waals surface area contributed by atoms with Crippen LogP contribution in [-0.4, -0.2) is 49.7 Å². The van der Waals surface area contributed by atoms with Crippen LogP contribution in [0.25, 0.3) is 0 Å². The number of carbonyl (C=O) groups is 1. The molecular weight excluding hydrogens is 228 g/mol. The van der Waals surface area contributed by atoms with Crippen molar-refractivity contribution in [3.05, 3.63) is 0 Å². The molecule has 2 rings (SSSR count). The first-order valence-electron chi connectivity index (χ1n) is 7.18. The highest BCUT2D eigenvalue weighted by Crippen LogP contribution is 2.37. The van der Waals surface area contributed by atoms with Crippen molar-refractivity contribution in [2.45, 2.75) is 57.2 Å². The van der Waals surface area contributed by atoms with Crippen molar-refractivity contribution in [2.24, 2.45) is 5.92 Å². The number of carbonyl (C=O) groups excluding carboxylic acids is 1. The molecule has 0 spiro atoms. The van der Waals surface area contributed by atoms with Crippen LogP contribution in [0.1, 0.15) is 39.0 Å². The van der Waals surface area contributed by atoms with Crippen LogP contribution in [0.15, 0.2) is 0 Å². The Morgan fingerprint density at radius 3 is 2.50 bits per heavy atom. The lowest BCUT2D eigenvalue weighted by Gasteiger charge is -2.36. The smallest absolute Gasteiger partial charge is 0.322 e. The number of rotatable bonds is 5. The quantitative estimate of drug-likeness (QED) is 0.753. The predicted molar refractivity (Wildman–Crippen MR) is 71.4 cm³/mol. The van der Waals surface area contributed by atoms with Gasteiger partial charge in [-0.2, -0.15) is 0 Å². The number of fused-ring (bicyclic) bond motifs is 2. The van der Waals surface area contributed by atoms with Gasteiger partial charge in [-0.05, 0) is 51.6 Å². The second kappa shape index (κ2) is 6.02. The molecule has 2 aliphatic heterocycles. The zero-order valence-electron chi connectivity index (χ0n) is 11.8. The summed E-state index contributed by atoms with van der Waals surface area (Å²) in [6.07, 6.45) is 6.05. The SMILES string of the molecule is CCC(NCC1CC2CCC(C1)N2C)C(=O)OC. The zero-order valence-corrected chi connectivity index (χ0v) is 11.8. The van der Waals surface area contributed by atoms with E-state index in [9.17, 15) is 4.79 Å². The molecule has 3 unspecified atom stereocenters. The van der Waals surface area contributed by atoms with Gasteiger partial charge >= 0.3 is 5.97 Å². The lowest BCUT2D eigenvalue weighted by Crippen LogP contribution is -2.45. The Bertz CT molecular complexity index is 282. The molecular formula is C14H26N2O2. The van der Waals surface area contributed by atoms with Gasteiger partial charge < -0.3 is 15.0 Å². The molecule has 0 aliphatic carbocycles. The minimum Gasteiger partial charge on any atom is -0.468 e. The summed E-state index contributed by atoms with van der Waals surface area (Å²) in [4.78, 5) is 14.1. The van der Waals surface area contributed by atoms with Crippen LogP contribution in [0.2, 0.25) is 0 Å². The Balaban J connectivity index is 1.79. The molecule has 104 valence electrons. The van der Waals surface area contributed by atoms with Gasteiger partial charge in [0.25, 0.3) is 0 Å². The number of piperidine rings is 1. The first-order chi connectivity index (χ1) is 8.65. The maximum Gasteiger partial charge on any atom is 0.322 e. The van der Waals surface area contributed by atoms with Gasteiger partial charge in [0, 0.05) is 12.1 Å². The third kappa shape index (κ3) is 2.86. The van der Waals surface area contributed by atoms with E-state index in [4.69, 9.17) is 4.74 Å². The predicted octanol–water partition coefficient (Wildman–Crippen LogP) is 1.40. The van der Waals surface area contributed by atoms with Gasteiger partial charge in [-0.15, -0.1) is 0 Å². The summed E-state index contributed by atoms with van der Waals surface area (Å²) in [6.45, 7) is 2.97. The first-order valence-corrected chi connectivity index (χ1v) is 7.18. The van der Waals surface area contributed by atoms with Crippen LogP contribution >= 0.6 is 0 Å². The van der Waals surface area contributed by atoms with Gasteiger partial charge in [-0.3, -0.25) is 4.79 Å². The van der Waals surface area contributed by atoms with Gasteiger partial charge in [0.15, 0.2) is 0 Å². The second-order valence-electron chi connectivity index (χ2n) is 5.78. The Hall–Kier alpha value is -0.610. The standard InChI is InChI=1S/C14H26N2O2/c1-4-13(14(17)18-3)15-9-10-7-11-5-6-12(8-10)16(11)2/h10-13,15H,4-9H2,1-3H3. The Morgan fingerprint density at radius 2 is 2.00 bits per heavy atom. The summed E-state index contributed by atoms with van der Waals surface area (Å²) in [7, 11) is 3.72. The van der Waals surface area contributed by atoms with Crippen LogP contribution in [0, 0.1) is 5.92 Å². The third-order valence-corrected chi connectivity index (χ3v) is 4.74.